The number of thioether (sulfide) groups is 2. The lowest BCUT2D eigenvalue weighted by atomic mass is 10.0. The standard InChI is InChI=1S/C27H25N5O8S3/c1-37-16-7-5-14(6-8-16)10-40-25(35)21-15(12-42-26(36)18-4-3-9-39-18)11-41-24-20(23(34)32(21)24)30-22(33)19(31-38-2)17-13-43-27(28)29-17/h3-9,13,20,24H,10-12H2,1-2H3,(H2,28,29)(H,30,33)/t20?,24-/m0/s1. The first-order valence-electron chi connectivity index (χ1n) is 12.6. The number of fused-ring (bicyclic) bond motifs is 1. The molecule has 16 heteroatoms. The van der Waals surface area contributed by atoms with Gasteiger partial charge in [0.2, 0.25) is 0 Å². The number of hydrogen-bond acceptors (Lipinski definition) is 14. The van der Waals surface area contributed by atoms with Crippen LogP contribution < -0.4 is 15.8 Å². The van der Waals surface area contributed by atoms with E-state index in [1.54, 1.807) is 48.9 Å². The molecule has 1 aromatic carbocycles. The highest BCUT2D eigenvalue weighted by atomic mass is 32.2. The number of nitrogens with zero attached hydrogens (tertiary/aromatic N) is 3. The number of nitrogens with two attached hydrogens (primary N) is 1. The highest BCUT2D eigenvalue weighted by Crippen LogP contribution is 2.41. The van der Waals surface area contributed by atoms with Crippen LogP contribution in [0.4, 0.5) is 5.13 Å². The summed E-state index contributed by atoms with van der Waals surface area (Å²) in [6.07, 6.45) is 1.40. The molecule has 2 aliphatic rings. The van der Waals surface area contributed by atoms with Crippen molar-refractivity contribution in [3.05, 3.63) is 76.3 Å². The van der Waals surface area contributed by atoms with Gasteiger partial charge in [0.1, 0.15) is 42.3 Å². The Morgan fingerprint density at radius 2 is 2.02 bits per heavy atom. The molecule has 0 aliphatic carbocycles. The topological polar surface area (TPSA) is 176 Å². The molecule has 3 aromatic rings. The van der Waals surface area contributed by atoms with Crippen molar-refractivity contribution in [2.45, 2.75) is 18.0 Å². The lowest BCUT2D eigenvalue weighted by molar-refractivity contribution is -0.153. The van der Waals surface area contributed by atoms with E-state index in [1.807, 2.05) is 0 Å². The Bertz CT molecular complexity index is 1590. The first-order chi connectivity index (χ1) is 20.8. The smallest absolute Gasteiger partial charge is 0.355 e. The summed E-state index contributed by atoms with van der Waals surface area (Å²) in [5, 5.41) is 7.30. The minimum atomic E-state index is -0.959. The van der Waals surface area contributed by atoms with Gasteiger partial charge in [0, 0.05) is 16.9 Å². The van der Waals surface area contributed by atoms with Gasteiger partial charge in [-0.05, 0) is 35.4 Å². The number of β-lactam (4-membered cyclic amide) rings is 1. The van der Waals surface area contributed by atoms with Crippen LogP contribution in [-0.4, -0.2) is 75.6 Å². The minimum Gasteiger partial charge on any atom is -0.497 e. The molecule has 5 rings (SSSR count). The largest absolute Gasteiger partial charge is 0.497 e. The Labute approximate surface area is 257 Å². The van der Waals surface area contributed by atoms with Gasteiger partial charge in [0.05, 0.1) is 13.4 Å². The van der Waals surface area contributed by atoms with Gasteiger partial charge in [0.25, 0.3) is 16.9 Å². The molecule has 2 aromatic heterocycles. The number of ether oxygens (including phenoxy) is 2. The Morgan fingerprint density at radius 1 is 1.23 bits per heavy atom. The molecule has 2 atom stereocenters. The molecule has 13 nitrogen and oxygen atoms in total. The number of hydrogen-bond donors (Lipinski definition) is 2. The third-order valence-electron chi connectivity index (χ3n) is 6.32. The highest BCUT2D eigenvalue weighted by Gasteiger charge is 2.54. The van der Waals surface area contributed by atoms with Gasteiger partial charge in [-0.25, -0.2) is 9.78 Å². The van der Waals surface area contributed by atoms with Gasteiger partial charge in [-0.2, -0.15) is 0 Å². The van der Waals surface area contributed by atoms with Crippen molar-refractivity contribution in [3.63, 3.8) is 0 Å². The Morgan fingerprint density at radius 3 is 2.67 bits per heavy atom. The zero-order valence-electron chi connectivity index (χ0n) is 22.8. The van der Waals surface area contributed by atoms with Gasteiger partial charge in [-0.1, -0.05) is 29.1 Å². The Kier molecular flexibility index (Phi) is 9.37. The molecule has 2 aliphatic heterocycles. The van der Waals surface area contributed by atoms with Crippen molar-refractivity contribution in [2.24, 2.45) is 5.16 Å². The summed E-state index contributed by atoms with van der Waals surface area (Å²) < 4.78 is 15.9. The second-order valence-electron chi connectivity index (χ2n) is 8.98. The first kappa shape index (κ1) is 30.2. The van der Waals surface area contributed by atoms with E-state index in [0.717, 1.165) is 23.1 Å². The average Bonchev–Trinajstić information content (AvgIpc) is 3.72. The average molecular weight is 644 g/mol. The number of furan rings is 1. The number of aromatic nitrogens is 1. The molecular weight excluding hydrogens is 619 g/mol. The van der Waals surface area contributed by atoms with Crippen LogP contribution in [0.3, 0.4) is 0 Å². The molecule has 0 bridgehead atoms. The monoisotopic (exact) mass is 643 g/mol. The van der Waals surface area contributed by atoms with Crippen LogP contribution in [0.1, 0.15) is 21.8 Å². The molecule has 2 amide bonds. The third kappa shape index (κ3) is 6.55. The van der Waals surface area contributed by atoms with Crippen molar-refractivity contribution < 1.29 is 37.9 Å². The summed E-state index contributed by atoms with van der Waals surface area (Å²) in [6, 6.07) is 9.19. The van der Waals surface area contributed by atoms with Crippen LogP contribution in [0, 0.1) is 0 Å². The molecular formula is C27H25N5O8S3. The number of rotatable bonds is 11. The number of nitrogen functional groups attached to an aromatic ring is 1. The molecule has 3 N–H and O–H groups in total. The summed E-state index contributed by atoms with van der Waals surface area (Å²) in [4.78, 5) is 62.7. The molecule has 224 valence electrons. The molecule has 43 heavy (non-hydrogen) atoms. The van der Waals surface area contributed by atoms with Gasteiger partial charge >= 0.3 is 5.97 Å². The van der Waals surface area contributed by atoms with Crippen molar-refractivity contribution in [1.82, 2.24) is 15.2 Å². The lowest BCUT2D eigenvalue weighted by Gasteiger charge is -2.49. The molecule has 4 heterocycles. The molecule has 1 fully saturated rings. The Hall–Kier alpha value is -4.28. The maximum atomic E-state index is 13.5. The molecule has 1 saturated heterocycles. The summed E-state index contributed by atoms with van der Waals surface area (Å²) >= 11 is 3.42. The van der Waals surface area contributed by atoms with E-state index in [1.165, 1.54) is 30.0 Å². The van der Waals surface area contributed by atoms with Crippen LogP contribution in [0.5, 0.6) is 5.75 Å². The zero-order valence-corrected chi connectivity index (χ0v) is 25.3. The predicted octanol–water partition coefficient (Wildman–Crippen LogP) is 2.65. The van der Waals surface area contributed by atoms with Crippen LogP contribution in [0.25, 0.3) is 0 Å². The number of methoxy groups -OCH3 is 1. The van der Waals surface area contributed by atoms with E-state index in [2.05, 4.69) is 15.5 Å². The van der Waals surface area contributed by atoms with Crippen molar-refractivity contribution in [3.8, 4) is 5.75 Å². The predicted molar refractivity (Wildman–Crippen MR) is 160 cm³/mol. The van der Waals surface area contributed by atoms with E-state index < -0.39 is 29.2 Å². The fraction of sp³-hybridized carbons (Fsp3) is 0.259. The van der Waals surface area contributed by atoms with E-state index in [9.17, 15) is 19.2 Å². The summed E-state index contributed by atoms with van der Waals surface area (Å²) in [6.45, 7) is -0.0499. The van der Waals surface area contributed by atoms with Gasteiger partial charge in [0.15, 0.2) is 16.6 Å². The van der Waals surface area contributed by atoms with Crippen LogP contribution in [-0.2, 0) is 30.6 Å². The number of amides is 2. The van der Waals surface area contributed by atoms with Crippen LogP contribution in [0.2, 0.25) is 0 Å². The lowest BCUT2D eigenvalue weighted by Crippen LogP contribution is -2.71. The molecule has 0 radical (unpaired) electrons. The summed E-state index contributed by atoms with van der Waals surface area (Å²) in [5.74, 6) is -0.660. The fourth-order valence-corrected chi connectivity index (χ4v) is 7.07. The zero-order chi connectivity index (χ0) is 30.5. The molecule has 0 saturated carbocycles. The molecule has 0 spiro atoms. The number of carbonyl (C=O) groups excluding carboxylic acids is 4. The summed E-state index contributed by atoms with van der Waals surface area (Å²) in [7, 11) is 2.83. The number of oxime groups is 1. The van der Waals surface area contributed by atoms with Crippen molar-refractivity contribution in [2.75, 3.05) is 31.5 Å². The van der Waals surface area contributed by atoms with Gasteiger partial charge < -0.3 is 29.8 Å². The number of esters is 1. The first-order valence-corrected chi connectivity index (χ1v) is 15.5. The number of anilines is 1. The van der Waals surface area contributed by atoms with E-state index >= 15 is 0 Å². The SMILES string of the molecule is CON=C(C(=O)NC1C(=O)N2C(C(=O)OCc3ccc(OC)cc3)=C(CSC(=O)c3ccco3)CS[C@@H]12)c1csc(N)n1. The fourth-order valence-electron chi connectivity index (χ4n) is 4.24. The normalized spacial score (nSPS) is 18.0. The number of thiazole rings is 1. The quantitative estimate of drug-likeness (QED) is 0.135. The summed E-state index contributed by atoms with van der Waals surface area (Å²) in [5.41, 5.74) is 7.06. The number of nitrogens with one attached hydrogen (secondary N) is 1. The van der Waals surface area contributed by atoms with Crippen LogP contribution >= 0.6 is 34.9 Å². The van der Waals surface area contributed by atoms with E-state index in [0.29, 0.717) is 22.6 Å². The molecule has 1 unspecified atom stereocenters. The van der Waals surface area contributed by atoms with Gasteiger partial charge in [-0.15, -0.1) is 23.1 Å². The number of benzene rings is 1. The third-order valence-corrected chi connectivity index (χ3v) is 9.29. The highest BCUT2D eigenvalue weighted by molar-refractivity contribution is 8.14. The van der Waals surface area contributed by atoms with E-state index in [4.69, 9.17) is 24.5 Å². The van der Waals surface area contributed by atoms with Crippen molar-refractivity contribution in [1.29, 1.82) is 0 Å². The van der Waals surface area contributed by atoms with Crippen LogP contribution in [0.15, 0.2) is 68.9 Å². The van der Waals surface area contributed by atoms with Gasteiger partial charge in [-0.3, -0.25) is 19.3 Å². The van der Waals surface area contributed by atoms with E-state index in [-0.39, 0.29) is 45.5 Å². The second-order valence-corrected chi connectivity index (χ2v) is 11.9. The maximum Gasteiger partial charge on any atom is 0.355 e. The second kappa shape index (κ2) is 13.4. The van der Waals surface area contributed by atoms with Crippen molar-refractivity contribution >= 4 is 68.6 Å². The Balaban J connectivity index is 1.34. The number of carbonyl (C=O) groups is 4. The minimum absolute atomic E-state index is 0.0468. The maximum absolute atomic E-state index is 13.5.